The molecule has 0 aromatic carbocycles. The minimum absolute atomic E-state index is 0.0100. The Kier molecular flexibility index (Phi) is 4.38. The Bertz CT molecular complexity index is 838. The molecule has 2 amide bonds. The van der Waals surface area contributed by atoms with Crippen LogP contribution in [0.4, 0.5) is 0 Å². The quantitative estimate of drug-likeness (QED) is 0.847. The molecule has 2 aromatic rings. The van der Waals surface area contributed by atoms with Crippen LogP contribution in [0.3, 0.4) is 0 Å². The fourth-order valence-corrected chi connectivity index (χ4v) is 4.30. The normalized spacial score (nSPS) is 20.8. The molecule has 3 heterocycles. The summed E-state index contributed by atoms with van der Waals surface area (Å²) in [6, 6.07) is 1.94. The van der Waals surface area contributed by atoms with E-state index in [2.05, 4.69) is 10.1 Å². The van der Waals surface area contributed by atoms with E-state index in [1.165, 1.54) is 4.90 Å². The van der Waals surface area contributed by atoms with Crippen LogP contribution in [0.25, 0.3) is 5.65 Å². The molecule has 0 bridgehead atoms. The first-order chi connectivity index (χ1) is 12.6. The smallest absolute Gasteiger partial charge is 0.258 e. The Morgan fingerprint density at radius 3 is 2.65 bits per heavy atom. The van der Waals surface area contributed by atoms with Crippen LogP contribution in [0, 0.1) is 5.92 Å². The average Bonchev–Trinajstić information content (AvgIpc) is 3.39. The summed E-state index contributed by atoms with van der Waals surface area (Å²) in [4.78, 5) is 33.3. The number of nitrogens with zero attached hydrogens (tertiary/aromatic N) is 5. The van der Waals surface area contributed by atoms with E-state index in [0.29, 0.717) is 11.2 Å². The SMILES string of the molecule is CN(C)C(=O)c1cnn2c(C3CCCN3C(=O)C3CCCC3)ccnc12. The number of rotatable bonds is 3. The first-order valence-electron chi connectivity index (χ1n) is 9.42. The van der Waals surface area contributed by atoms with E-state index in [-0.39, 0.29) is 23.8 Å². The van der Waals surface area contributed by atoms with Crippen molar-refractivity contribution in [2.45, 2.75) is 44.6 Å². The zero-order valence-electron chi connectivity index (χ0n) is 15.4. The standard InChI is InChI=1S/C19H25N5O2/c1-22(2)19(26)14-12-21-24-16(9-10-20-17(14)24)15-8-5-11-23(15)18(25)13-6-3-4-7-13/h9-10,12-13,15H,3-8,11H2,1-2H3. The molecule has 7 nitrogen and oxygen atoms in total. The third kappa shape index (κ3) is 2.75. The Labute approximate surface area is 153 Å². The van der Waals surface area contributed by atoms with Gasteiger partial charge in [-0.25, -0.2) is 9.50 Å². The number of likely N-dealkylation sites (tertiary alicyclic amines) is 1. The van der Waals surface area contributed by atoms with Crippen molar-refractivity contribution in [2.75, 3.05) is 20.6 Å². The van der Waals surface area contributed by atoms with Crippen molar-refractivity contribution < 1.29 is 9.59 Å². The van der Waals surface area contributed by atoms with E-state index in [1.807, 2.05) is 11.0 Å². The van der Waals surface area contributed by atoms with Gasteiger partial charge in [0.25, 0.3) is 5.91 Å². The van der Waals surface area contributed by atoms with Crippen LogP contribution in [-0.4, -0.2) is 56.9 Å². The van der Waals surface area contributed by atoms with E-state index in [4.69, 9.17) is 0 Å². The molecule has 1 aliphatic heterocycles. The number of carbonyl (C=O) groups excluding carboxylic acids is 2. The van der Waals surface area contributed by atoms with Gasteiger partial charge in [0, 0.05) is 32.8 Å². The summed E-state index contributed by atoms with van der Waals surface area (Å²) in [5, 5.41) is 4.43. The fraction of sp³-hybridized carbons (Fsp3) is 0.579. The Balaban J connectivity index is 1.69. The first-order valence-corrected chi connectivity index (χ1v) is 9.42. The maximum Gasteiger partial charge on any atom is 0.258 e. The molecule has 2 aliphatic rings. The molecule has 26 heavy (non-hydrogen) atoms. The number of aromatic nitrogens is 3. The number of hydrogen-bond acceptors (Lipinski definition) is 4. The van der Waals surface area contributed by atoms with Gasteiger partial charge in [-0.3, -0.25) is 9.59 Å². The summed E-state index contributed by atoms with van der Waals surface area (Å²) in [5.41, 5.74) is 1.99. The second kappa shape index (κ2) is 6.70. The summed E-state index contributed by atoms with van der Waals surface area (Å²) >= 11 is 0. The molecule has 2 fully saturated rings. The van der Waals surface area contributed by atoms with Crippen molar-refractivity contribution in [3.8, 4) is 0 Å². The van der Waals surface area contributed by atoms with Crippen molar-refractivity contribution >= 4 is 17.5 Å². The number of carbonyl (C=O) groups is 2. The second-order valence-electron chi connectivity index (χ2n) is 7.53. The second-order valence-corrected chi connectivity index (χ2v) is 7.53. The topological polar surface area (TPSA) is 70.8 Å². The number of hydrogen-bond donors (Lipinski definition) is 0. The lowest BCUT2D eigenvalue weighted by atomic mass is 10.0. The number of amides is 2. The third-order valence-corrected chi connectivity index (χ3v) is 5.65. The van der Waals surface area contributed by atoms with Crippen LogP contribution in [0.1, 0.15) is 60.6 Å². The first kappa shape index (κ1) is 17.0. The molecular weight excluding hydrogens is 330 g/mol. The molecule has 4 rings (SSSR count). The summed E-state index contributed by atoms with van der Waals surface area (Å²) in [6.07, 6.45) is 9.55. The maximum absolute atomic E-state index is 13.0. The van der Waals surface area contributed by atoms with Gasteiger partial charge in [-0.05, 0) is 31.7 Å². The highest BCUT2D eigenvalue weighted by molar-refractivity contribution is 5.99. The monoisotopic (exact) mass is 355 g/mol. The molecule has 2 aromatic heterocycles. The number of fused-ring (bicyclic) bond motifs is 1. The fourth-order valence-electron chi connectivity index (χ4n) is 4.30. The summed E-state index contributed by atoms with van der Waals surface area (Å²) < 4.78 is 1.74. The van der Waals surface area contributed by atoms with E-state index in [0.717, 1.165) is 50.8 Å². The average molecular weight is 355 g/mol. The maximum atomic E-state index is 13.0. The van der Waals surface area contributed by atoms with Crippen molar-refractivity contribution in [1.29, 1.82) is 0 Å². The van der Waals surface area contributed by atoms with Crippen molar-refractivity contribution in [3.63, 3.8) is 0 Å². The molecule has 1 unspecified atom stereocenters. The summed E-state index contributed by atoms with van der Waals surface area (Å²) in [6.45, 7) is 0.800. The van der Waals surface area contributed by atoms with Gasteiger partial charge in [0.1, 0.15) is 5.56 Å². The highest BCUT2D eigenvalue weighted by atomic mass is 16.2. The van der Waals surface area contributed by atoms with Gasteiger partial charge in [0.05, 0.1) is 17.9 Å². The third-order valence-electron chi connectivity index (χ3n) is 5.65. The van der Waals surface area contributed by atoms with E-state index in [9.17, 15) is 9.59 Å². The van der Waals surface area contributed by atoms with E-state index in [1.54, 1.807) is 31.0 Å². The van der Waals surface area contributed by atoms with E-state index >= 15 is 0 Å². The van der Waals surface area contributed by atoms with Crippen LogP contribution < -0.4 is 0 Å². The molecule has 0 radical (unpaired) electrons. The minimum Gasteiger partial charge on any atom is -0.345 e. The van der Waals surface area contributed by atoms with Gasteiger partial charge in [-0.1, -0.05) is 12.8 Å². The molecule has 138 valence electrons. The van der Waals surface area contributed by atoms with Gasteiger partial charge in [0.15, 0.2) is 5.65 Å². The molecule has 0 spiro atoms. The lowest BCUT2D eigenvalue weighted by Crippen LogP contribution is -2.35. The Hall–Kier alpha value is -2.44. The van der Waals surface area contributed by atoms with Crippen LogP contribution in [0.15, 0.2) is 18.5 Å². The highest BCUT2D eigenvalue weighted by Gasteiger charge is 2.36. The van der Waals surface area contributed by atoms with Crippen molar-refractivity contribution in [1.82, 2.24) is 24.4 Å². The van der Waals surface area contributed by atoms with Gasteiger partial charge >= 0.3 is 0 Å². The Morgan fingerprint density at radius 2 is 1.92 bits per heavy atom. The zero-order chi connectivity index (χ0) is 18.3. The zero-order valence-corrected chi connectivity index (χ0v) is 15.4. The minimum atomic E-state index is -0.116. The molecule has 0 N–H and O–H groups in total. The van der Waals surface area contributed by atoms with Gasteiger partial charge in [0.2, 0.25) is 5.91 Å². The summed E-state index contributed by atoms with van der Waals surface area (Å²) in [5.74, 6) is 0.345. The largest absolute Gasteiger partial charge is 0.345 e. The van der Waals surface area contributed by atoms with Crippen molar-refractivity contribution in [3.05, 3.63) is 29.7 Å². The van der Waals surface area contributed by atoms with Crippen LogP contribution >= 0.6 is 0 Å². The lowest BCUT2D eigenvalue weighted by molar-refractivity contribution is -0.136. The molecule has 1 atom stereocenters. The molecular formula is C19H25N5O2. The van der Waals surface area contributed by atoms with Gasteiger partial charge in [-0.2, -0.15) is 5.10 Å². The lowest BCUT2D eigenvalue weighted by Gasteiger charge is -2.27. The van der Waals surface area contributed by atoms with Gasteiger partial charge in [-0.15, -0.1) is 0 Å². The van der Waals surface area contributed by atoms with Gasteiger partial charge < -0.3 is 9.80 Å². The molecule has 1 saturated heterocycles. The molecule has 1 aliphatic carbocycles. The molecule has 1 saturated carbocycles. The van der Waals surface area contributed by atoms with Crippen LogP contribution in [0.2, 0.25) is 0 Å². The predicted octanol–water partition coefficient (Wildman–Crippen LogP) is 2.28. The van der Waals surface area contributed by atoms with Crippen molar-refractivity contribution in [2.24, 2.45) is 5.92 Å². The van der Waals surface area contributed by atoms with Crippen LogP contribution in [0.5, 0.6) is 0 Å². The highest BCUT2D eigenvalue weighted by Crippen LogP contribution is 2.36. The summed E-state index contributed by atoms with van der Waals surface area (Å²) in [7, 11) is 3.43. The van der Waals surface area contributed by atoms with Crippen LogP contribution in [-0.2, 0) is 4.79 Å². The molecule has 7 heteroatoms. The van der Waals surface area contributed by atoms with E-state index < -0.39 is 0 Å². The Morgan fingerprint density at radius 1 is 1.15 bits per heavy atom. The predicted molar refractivity (Wildman–Crippen MR) is 96.7 cm³/mol.